The molecule has 2 N–H and O–H groups in total. The first-order valence-electron chi connectivity index (χ1n) is 10.4. The lowest BCUT2D eigenvalue weighted by Gasteiger charge is -2.30. The molecule has 0 saturated heterocycles. The number of halogens is 2. The number of carbonyl (C=O) groups excluding carboxylic acids is 1. The molecule has 1 aliphatic carbocycles. The van der Waals surface area contributed by atoms with Crippen LogP contribution in [0.25, 0.3) is 5.70 Å². The number of hydrogen-bond donors (Lipinski definition) is 2. The maximum atomic E-state index is 13.5. The molecular weight excluding hydrogens is 465 g/mol. The Balaban J connectivity index is 1.82. The van der Waals surface area contributed by atoms with Gasteiger partial charge in [-0.05, 0) is 18.1 Å². The number of aromatic nitrogens is 2. The van der Waals surface area contributed by atoms with Crippen LogP contribution in [0.15, 0.2) is 57.6 Å². The Labute approximate surface area is 198 Å². The average Bonchev–Trinajstić information content (AvgIpc) is 3.09. The standard InChI is InChI=1S/C24H19Cl2N3O4/c1-33-11-5-10-29-22-18(23(31)28-24(29)32)16(14-8-4-9-15(25)19(14)26)17-20(27-22)12-6-2-3-7-13(12)21(17)30/h2-4,6-9,16,27H,5,10-11H2,1H3,(H,28,31,32). The Bertz CT molecular complexity index is 1450. The summed E-state index contributed by atoms with van der Waals surface area (Å²) in [4.78, 5) is 41.9. The van der Waals surface area contributed by atoms with Crippen molar-refractivity contribution in [2.45, 2.75) is 18.9 Å². The first-order chi connectivity index (χ1) is 15.9. The van der Waals surface area contributed by atoms with E-state index in [2.05, 4.69) is 10.3 Å². The SMILES string of the molecule is COCCCn1c2c(c(=O)[nH]c1=O)C(c1cccc(Cl)c1Cl)C1=C(N2)c2ccccc2C1=O. The number of ether oxygens (including phenoxy) is 1. The van der Waals surface area contributed by atoms with Gasteiger partial charge >= 0.3 is 5.69 Å². The van der Waals surface area contributed by atoms with Crippen molar-refractivity contribution in [2.75, 3.05) is 19.0 Å². The zero-order valence-electron chi connectivity index (χ0n) is 17.6. The topological polar surface area (TPSA) is 93.2 Å². The van der Waals surface area contributed by atoms with Crippen LogP contribution in [0.2, 0.25) is 10.0 Å². The Morgan fingerprint density at radius 1 is 1.03 bits per heavy atom. The molecule has 3 aromatic rings. The summed E-state index contributed by atoms with van der Waals surface area (Å²) in [5.41, 5.74) is 1.85. The van der Waals surface area contributed by atoms with Crippen molar-refractivity contribution in [2.24, 2.45) is 0 Å². The molecule has 1 aromatic heterocycles. The molecule has 1 aliphatic heterocycles. The highest BCUT2D eigenvalue weighted by atomic mass is 35.5. The number of ketones is 1. The van der Waals surface area contributed by atoms with E-state index < -0.39 is 17.2 Å². The summed E-state index contributed by atoms with van der Waals surface area (Å²) in [6.07, 6.45) is 0.556. The predicted octanol–water partition coefficient (Wildman–Crippen LogP) is 4.04. The number of allylic oxidation sites excluding steroid dienone is 1. The van der Waals surface area contributed by atoms with E-state index in [0.717, 1.165) is 0 Å². The van der Waals surface area contributed by atoms with Gasteiger partial charge in [-0.3, -0.25) is 19.1 Å². The van der Waals surface area contributed by atoms with E-state index >= 15 is 0 Å². The lowest BCUT2D eigenvalue weighted by atomic mass is 9.81. The minimum Gasteiger partial charge on any atom is -0.385 e. The van der Waals surface area contributed by atoms with Gasteiger partial charge in [0.05, 0.1) is 27.2 Å². The van der Waals surface area contributed by atoms with E-state index in [-0.39, 0.29) is 16.4 Å². The fraction of sp³-hybridized carbons (Fsp3) is 0.208. The van der Waals surface area contributed by atoms with Crippen LogP contribution in [0.3, 0.4) is 0 Å². The highest BCUT2D eigenvalue weighted by Gasteiger charge is 2.43. The van der Waals surface area contributed by atoms with E-state index in [1.54, 1.807) is 37.4 Å². The lowest BCUT2D eigenvalue weighted by Crippen LogP contribution is -2.38. The number of hydrogen-bond acceptors (Lipinski definition) is 5. The number of rotatable bonds is 5. The quantitative estimate of drug-likeness (QED) is 0.534. The van der Waals surface area contributed by atoms with E-state index in [1.807, 2.05) is 12.1 Å². The summed E-state index contributed by atoms with van der Waals surface area (Å²) >= 11 is 12.9. The summed E-state index contributed by atoms with van der Waals surface area (Å²) < 4.78 is 6.60. The van der Waals surface area contributed by atoms with Crippen molar-refractivity contribution >= 4 is 40.5 Å². The second-order valence-electron chi connectivity index (χ2n) is 7.88. The van der Waals surface area contributed by atoms with E-state index in [1.165, 1.54) is 4.57 Å². The lowest BCUT2D eigenvalue weighted by molar-refractivity contribution is 0.103. The van der Waals surface area contributed by atoms with Gasteiger partial charge in [0.1, 0.15) is 5.82 Å². The molecule has 7 nitrogen and oxygen atoms in total. The van der Waals surface area contributed by atoms with Crippen molar-refractivity contribution in [3.63, 3.8) is 0 Å². The second-order valence-corrected chi connectivity index (χ2v) is 8.67. The van der Waals surface area contributed by atoms with Gasteiger partial charge in [0.25, 0.3) is 5.56 Å². The summed E-state index contributed by atoms with van der Waals surface area (Å²) in [7, 11) is 1.58. The second kappa shape index (κ2) is 8.33. The Morgan fingerprint density at radius 3 is 2.55 bits per heavy atom. The number of Topliss-reactive ketones (excluding diaryl/α,β-unsaturated/α-hetero) is 1. The fourth-order valence-electron chi connectivity index (χ4n) is 4.60. The normalized spacial score (nSPS) is 16.3. The van der Waals surface area contributed by atoms with Gasteiger partial charge in [-0.2, -0.15) is 0 Å². The van der Waals surface area contributed by atoms with Crippen LogP contribution in [-0.4, -0.2) is 29.1 Å². The Hall–Kier alpha value is -3.13. The van der Waals surface area contributed by atoms with Crippen molar-refractivity contribution in [3.05, 3.63) is 101 Å². The van der Waals surface area contributed by atoms with Crippen LogP contribution >= 0.6 is 23.2 Å². The number of H-pyrrole nitrogens is 1. The monoisotopic (exact) mass is 483 g/mol. The molecule has 2 aromatic carbocycles. The summed E-state index contributed by atoms with van der Waals surface area (Å²) in [5, 5.41) is 3.80. The van der Waals surface area contributed by atoms with E-state index in [9.17, 15) is 14.4 Å². The van der Waals surface area contributed by atoms with Crippen molar-refractivity contribution in [1.82, 2.24) is 9.55 Å². The Morgan fingerprint density at radius 2 is 1.79 bits per heavy atom. The number of fused-ring (bicyclic) bond motifs is 3. The minimum atomic E-state index is -0.805. The molecule has 2 heterocycles. The van der Waals surface area contributed by atoms with Crippen LogP contribution in [0.4, 0.5) is 5.82 Å². The minimum absolute atomic E-state index is 0.198. The van der Waals surface area contributed by atoms with Gasteiger partial charge < -0.3 is 10.1 Å². The maximum absolute atomic E-state index is 13.5. The van der Waals surface area contributed by atoms with Gasteiger partial charge in [-0.15, -0.1) is 0 Å². The molecule has 0 radical (unpaired) electrons. The van der Waals surface area contributed by atoms with Crippen LogP contribution in [-0.2, 0) is 11.3 Å². The first kappa shape index (κ1) is 21.7. The smallest absolute Gasteiger partial charge is 0.329 e. The number of benzene rings is 2. The van der Waals surface area contributed by atoms with Crippen molar-refractivity contribution in [3.8, 4) is 0 Å². The Kier molecular flexibility index (Phi) is 5.48. The number of nitrogens with one attached hydrogen (secondary N) is 2. The zero-order valence-corrected chi connectivity index (χ0v) is 19.1. The van der Waals surface area contributed by atoms with E-state index in [4.69, 9.17) is 27.9 Å². The molecule has 1 unspecified atom stereocenters. The molecular formula is C24H19Cl2N3O4. The molecule has 0 amide bonds. The molecule has 0 saturated carbocycles. The average molecular weight is 484 g/mol. The highest BCUT2D eigenvalue weighted by molar-refractivity contribution is 6.42. The van der Waals surface area contributed by atoms with Crippen LogP contribution in [0, 0.1) is 0 Å². The third-order valence-electron chi connectivity index (χ3n) is 6.03. The molecule has 0 fully saturated rings. The predicted molar refractivity (Wildman–Crippen MR) is 127 cm³/mol. The molecule has 9 heteroatoms. The van der Waals surface area contributed by atoms with Gasteiger partial charge in [0, 0.05) is 37.0 Å². The third kappa shape index (κ3) is 3.35. The molecule has 0 bridgehead atoms. The van der Waals surface area contributed by atoms with E-state index in [0.29, 0.717) is 58.4 Å². The number of carbonyl (C=O) groups is 1. The van der Waals surface area contributed by atoms with Gasteiger partial charge in [0.15, 0.2) is 5.78 Å². The summed E-state index contributed by atoms with van der Waals surface area (Å²) in [6.45, 7) is 0.756. The first-order valence-corrected chi connectivity index (χ1v) is 11.1. The van der Waals surface area contributed by atoms with Gasteiger partial charge in [0.2, 0.25) is 0 Å². The molecule has 2 aliphatic rings. The molecule has 1 atom stereocenters. The van der Waals surface area contributed by atoms with Crippen molar-refractivity contribution in [1.29, 1.82) is 0 Å². The van der Waals surface area contributed by atoms with Crippen LogP contribution in [0.1, 0.15) is 39.4 Å². The van der Waals surface area contributed by atoms with Crippen LogP contribution < -0.4 is 16.6 Å². The van der Waals surface area contributed by atoms with Crippen LogP contribution in [0.5, 0.6) is 0 Å². The number of aromatic amines is 1. The number of nitrogens with zero attached hydrogens (tertiary/aromatic N) is 1. The fourth-order valence-corrected chi connectivity index (χ4v) is 5.02. The zero-order chi connectivity index (χ0) is 23.3. The maximum Gasteiger partial charge on any atom is 0.329 e. The number of methoxy groups -OCH3 is 1. The third-order valence-corrected chi connectivity index (χ3v) is 6.87. The molecule has 5 rings (SSSR count). The van der Waals surface area contributed by atoms with Gasteiger partial charge in [-0.1, -0.05) is 59.6 Å². The van der Waals surface area contributed by atoms with Crippen molar-refractivity contribution < 1.29 is 9.53 Å². The number of anilines is 1. The molecule has 168 valence electrons. The largest absolute Gasteiger partial charge is 0.385 e. The van der Waals surface area contributed by atoms with Gasteiger partial charge in [-0.25, -0.2) is 4.79 Å². The summed E-state index contributed by atoms with van der Waals surface area (Å²) in [6, 6.07) is 12.3. The molecule has 33 heavy (non-hydrogen) atoms. The summed E-state index contributed by atoms with van der Waals surface area (Å²) in [5.74, 6) is -0.666. The highest BCUT2D eigenvalue weighted by Crippen LogP contribution is 2.49. The molecule has 0 spiro atoms.